The SMILES string of the molecule is CCCCCNC(=O)c1ccc(Nc2ccc(Br)c(C)c2)nn1. The molecule has 0 aliphatic heterocycles. The minimum atomic E-state index is -0.181. The molecule has 0 aliphatic rings. The summed E-state index contributed by atoms with van der Waals surface area (Å²) in [6.07, 6.45) is 3.23. The molecule has 5 nitrogen and oxygen atoms in total. The second-order valence-electron chi connectivity index (χ2n) is 5.36. The second kappa shape index (κ2) is 8.62. The zero-order valence-electron chi connectivity index (χ0n) is 13.4. The van der Waals surface area contributed by atoms with Gasteiger partial charge < -0.3 is 10.6 Å². The van der Waals surface area contributed by atoms with E-state index in [0.717, 1.165) is 35.0 Å². The smallest absolute Gasteiger partial charge is 0.271 e. The number of amides is 1. The minimum Gasteiger partial charge on any atom is -0.351 e. The zero-order valence-corrected chi connectivity index (χ0v) is 15.0. The summed E-state index contributed by atoms with van der Waals surface area (Å²) in [5.74, 6) is 0.425. The summed E-state index contributed by atoms with van der Waals surface area (Å²) in [6.45, 7) is 4.82. The Kier molecular flexibility index (Phi) is 6.52. The topological polar surface area (TPSA) is 66.9 Å². The van der Waals surface area contributed by atoms with E-state index in [1.807, 2.05) is 25.1 Å². The number of benzene rings is 1. The van der Waals surface area contributed by atoms with Crippen molar-refractivity contribution in [3.05, 3.63) is 46.1 Å². The third-order valence-electron chi connectivity index (χ3n) is 3.39. The predicted octanol–water partition coefficient (Wildman–Crippen LogP) is 4.21. The van der Waals surface area contributed by atoms with Crippen molar-refractivity contribution in [3.8, 4) is 0 Å². The first-order valence-corrected chi connectivity index (χ1v) is 8.54. The molecular formula is C17H21BrN4O. The number of nitrogens with one attached hydrogen (secondary N) is 2. The largest absolute Gasteiger partial charge is 0.351 e. The first-order valence-electron chi connectivity index (χ1n) is 7.75. The van der Waals surface area contributed by atoms with Gasteiger partial charge in [-0.05, 0) is 49.2 Å². The first-order chi connectivity index (χ1) is 11.1. The summed E-state index contributed by atoms with van der Waals surface area (Å²) >= 11 is 3.47. The number of anilines is 2. The quantitative estimate of drug-likeness (QED) is 0.710. The van der Waals surface area contributed by atoms with Crippen molar-refractivity contribution >= 4 is 33.3 Å². The summed E-state index contributed by atoms with van der Waals surface area (Å²) in [4.78, 5) is 11.9. The molecular weight excluding hydrogens is 356 g/mol. The Hall–Kier alpha value is -1.95. The summed E-state index contributed by atoms with van der Waals surface area (Å²) in [5.41, 5.74) is 2.39. The van der Waals surface area contributed by atoms with E-state index in [4.69, 9.17) is 0 Å². The number of halogens is 1. The maximum atomic E-state index is 11.9. The molecule has 2 N–H and O–H groups in total. The van der Waals surface area contributed by atoms with Crippen LogP contribution in [-0.4, -0.2) is 22.6 Å². The van der Waals surface area contributed by atoms with Gasteiger partial charge >= 0.3 is 0 Å². The fourth-order valence-corrected chi connectivity index (χ4v) is 2.30. The molecule has 2 rings (SSSR count). The molecule has 0 atom stereocenters. The molecule has 0 fully saturated rings. The van der Waals surface area contributed by atoms with Crippen LogP contribution in [0.1, 0.15) is 42.2 Å². The van der Waals surface area contributed by atoms with Crippen molar-refractivity contribution in [2.24, 2.45) is 0 Å². The molecule has 6 heteroatoms. The summed E-state index contributed by atoms with van der Waals surface area (Å²) < 4.78 is 1.06. The Labute approximate surface area is 145 Å². The Morgan fingerprint density at radius 2 is 2.00 bits per heavy atom. The number of unbranched alkanes of at least 4 members (excludes halogenated alkanes) is 2. The maximum absolute atomic E-state index is 11.9. The van der Waals surface area contributed by atoms with Crippen LogP contribution in [0.25, 0.3) is 0 Å². The highest BCUT2D eigenvalue weighted by Crippen LogP contribution is 2.22. The van der Waals surface area contributed by atoms with Crippen LogP contribution in [0.15, 0.2) is 34.8 Å². The highest BCUT2D eigenvalue weighted by atomic mass is 79.9. The number of aryl methyl sites for hydroxylation is 1. The average molecular weight is 377 g/mol. The zero-order chi connectivity index (χ0) is 16.7. The molecule has 0 radical (unpaired) electrons. The lowest BCUT2D eigenvalue weighted by Gasteiger charge is -2.08. The van der Waals surface area contributed by atoms with Gasteiger partial charge in [-0.1, -0.05) is 35.7 Å². The van der Waals surface area contributed by atoms with Crippen molar-refractivity contribution in [1.29, 1.82) is 0 Å². The van der Waals surface area contributed by atoms with Gasteiger partial charge in [0.1, 0.15) is 0 Å². The Morgan fingerprint density at radius 3 is 2.65 bits per heavy atom. The molecule has 1 heterocycles. The molecule has 23 heavy (non-hydrogen) atoms. The molecule has 0 bridgehead atoms. The summed E-state index contributed by atoms with van der Waals surface area (Å²) in [5, 5.41) is 14.1. The van der Waals surface area contributed by atoms with Gasteiger partial charge in [0.25, 0.3) is 5.91 Å². The van der Waals surface area contributed by atoms with Crippen LogP contribution in [0.3, 0.4) is 0 Å². The fraction of sp³-hybridized carbons (Fsp3) is 0.353. The molecule has 0 aliphatic carbocycles. The van der Waals surface area contributed by atoms with Crippen molar-refractivity contribution in [2.75, 3.05) is 11.9 Å². The molecule has 0 spiro atoms. The average Bonchev–Trinajstić information content (AvgIpc) is 2.55. The lowest BCUT2D eigenvalue weighted by molar-refractivity contribution is 0.0947. The monoisotopic (exact) mass is 376 g/mol. The van der Waals surface area contributed by atoms with Crippen LogP contribution in [0.4, 0.5) is 11.5 Å². The van der Waals surface area contributed by atoms with E-state index in [1.165, 1.54) is 0 Å². The number of aromatic nitrogens is 2. The number of carbonyl (C=O) groups is 1. The molecule has 1 aromatic carbocycles. The number of hydrogen-bond acceptors (Lipinski definition) is 4. The Balaban J connectivity index is 1.93. The van der Waals surface area contributed by atoms with Crippen molar-refractivity contribution in [1.82, 2.24) is 15.5 Å². The molecule has 0 saturated heterocycles. The Bertz CT molecular complexity index is 658. The van der Waals surface area contributed by atoms with E-state index in [0.29, 0.717) is 18.1 Å². The van der Waals surface area contributed by atoms with Crippen LogP contribution in [0.2, 0.25) is 0 Å². The molecule has 0 saturated carbocycles. The normalized spacial score (nSPS) is 10.4. The van der Waals surface area contributed by atoms with Gasteiger partial charge in [0.15, 0.2) is 11.5 Å². The van der Waals surface area contributed by atoms with Crippen LogP contribution in [-0.2, 0) is 0 Å². The maximum Gasteiger partial charge on any atom is 0.271 e. The second-order valence-corrected chi connectivity index (χ2v) is 6.21. The van der Waals surface area contributed by atoms with Gasteiger partial charge in [-0.15, -0.1) is 10.2 Å². The number of carbonyl (C=O) groups excluding carboxylic acids is 1. The fourth-order valence-electron chi connectivity index (χ4n) is 2.06. The molecule has 122 valence electrons. The lowest BCUT2D eigenvalue weighted by atomic mass is 10.2. The number of nitrogens with zero attached hydrogens (tertiary/aromatic N) is 2. The van der Waals surface area contributed by atoms with Gasteiger partial charge in [-0.3, -0.25) is 4.79 Å². The first kappa shape index (κ1) is 17.4. The highest BCUT2D eigenvalue weighted by Gasteiger charge is 2.07. The summed E-state index contributed by atoms with van der Waals surface area (Å²) in [7, 11) is 0. The molecule has 1 aromatic heterocycles. The predicted molar refractivity (Wildman–Crippen MR) is 96.1 cm³/mol. The lowest BCUT2D eigenvalue weighted by Crippen LogP contribution is -2.25. The van der Waals surface area contributed by atoms with Crippen LogP contribution < -0.4 is 10.6 Å². The van der Waals surface area contributed by atoms with Crippen molar-refractivity contribution in [2.45, 2.75) is 33.1 Å². The van der Waals surface area contributed by atoms with E-state index in [-0.39, 0.29) is 5.91 Å². The third-order valence-corrected chi connectivity index (χ3v) is 4.28. The highest BCUT2D eigenvalue weighted by molar-refractivity contribution is 9.10. The Morgan fingerprint density at radius 1 is 1.17 bits per heavy atom. The van der Waals surface area contributed by atoms with E-state index < -0.39 is 0 Å². The van der Waals surface area contributed by atoms with Gasteiger partial charge in [0, 0.05) is 16.7 Å². The standard InChI is InChI=1S/C17H21BrN4O/c1-3-4-5-10-19-17(23)15-8-9-16(22-21-15)20-13-6-7-14(18)12(2)11-13/h6-9,11H,3-5,10H2,1-2H3,(H,19,23)(H,20,22). The van der Waals surface area contributed by atoms with Crippen LogP contribution in [0.5, 0.6) is 0 Å². The minimum absolute atomic E-state index is 0.181. The van der Waals surface area contributed by atoms with Gasteiger partial charge in [-0.2, -0.15) is 0 Å². The van der Waals surface area contributed by atoms with E-state index in [2.05, 4.69) is 43.7 Å². The number of rotatable bonds is 7. The van der Waals surface area contributed by atoms with Crippen molar-refractivity contribution in [3.63, 3.8) is 0 Å². The van der Waals surface area contributed by atoms with E-state index in [1.54, 1.807) is 12.1 Å². The van der Waals surface area contributed by atoms with Crippen LogP contribution in [0, 0.1) is 6.92 Å². The molecule has 2 aromatic rings. The van der Waals surface area contributed by atoms with Crippen molar-refractivity contribution < 1.29 is 4.79 Å². The molecule has 1 amide bonds. The molecule has 0 unspecified atom stereocenters. The van der Waals surface area contributed by atoms with Gasteiger partial charge in [0.2, 0.25) is 0 Å². The number of hydrogen-bond donors (Lipinski definition) is 2. The third kappa shape index (κ3) is 5.32. The van der Waals surface area contributed by atoms with E-state index >= 15 is 0 Å². The van der Waals surface area contributed by atoms with Crippen LogP contribution >= 0.6 is 15.9 Å². The summed E-state index contributed by atoms with van der Waals surface area (Å²) in [6, 6.07) is 9.37. The van der Waals surface area contributed by atoms with Gasteiger partial charge in [-0.25, -0.2) is 0 Å². The van der Waals surface area contributed by atoms with Gasteiger partial charge in [0.05, 0.1) is 0 Å². The van der Waals surface area contributed by atoms with E-state index in [9.17, 15) is 4.79 Å².